The van der Waals surface area contributed by atoms with Crippen LogP contribution in [0.2, 0.25) is 0 Å². The fourth-order valence-corrected chi connectivity index (χ4v) is 2.23. The molecule has 0 aromatic heterocycles. The van der Waals surface area contributed by atoms with E-state index in [0.29, 0.717) is 17.9 Å². The van der Waals surface area contributed by atoms with E-state index in [1.165, 1.54) is 6.07 Å². The van der Waals surface area contributed by atoms with Gasteiger partial charge < -0.3 is 5.32 Å². The highest BCUT2D eigenvalue weighted by Crippen LogP contribution is 2.20. The first kappa shape index (κ1) is 16.8. The summed E-state index contributed by atoms with van der Waals surface area (Å²) >= 11 is 0. The number of halogens is 2. The number of nitrogens with zero attached hydrogens (tertiary/aromatic N) is 1. The molecular formula is C16H24F2N2. The Balaban J connectivity index is 2.60. The Morgan fingerprint density at radius 1 is 1.30 bits per heavy atom. The molecule has 0 aliphatic heterocycles. The summed E-state index contributed by atoms with van der Waals surface area (Å²) in [4.78, 5) is 4.20. The lowest BCUT2D eigenvalue weighted by molar-refractivity contribution is 0.439. The monoisotopic (exact) mass is 282 g/mol. The van der Waals surface area contributed by atoms with Crippen molar-refractivity contribution in [3.63, 3.8) is 0 Å². The topological polar surface area (TPSA) is 24.4 Å². The lowest BCUT2D eigenvalue weighted by atomic mass is 9.91. The largest absolute Gasteiger partial charge is 0.320 e. The maximum atomic E-state index is 13.7. The van der Waals surface area contributed by atoms with E-state index in [0.717, 1.165) is 38.4 Å². The van der Waals surface area contributed by atoms with Gasteiger partial charge in [-0.3, -0.25) is 4.99 Å². The first-order valence-electron chi connectivity index (χ1n) is 7.24. The Morgan fingerprint density at radius 3 is 2.75 bits per heavy atom. The average molecular weight is 282 g/mol. The Bertz CT molecular complexity index is 419. The van der Waals surface area contributed by atoms with Crippen LogP contribution in [0.5, 0.6) is 0 Å². The first-order valence-corrected chi connectivity index (χ1v) is 7.24. The number of nitrogens with one attached hydrogen (secondary N) is 1. The van der Waals surface area contributed by atoms with Gasteiger partial charge in [-0.1, -0.05) is 6.07 Å². The molecule has 0 aliphatic carbocycles. The maximum absolute atomic E-state index is 13.7. The van der Waals surface area contributed by atoms with Gasteiger partial charge in [-0.25, -0.2) is 8.78 Å². The number of benzene rings is 1. The van der Waals surface area contributed by atoms with Crippen LogP contribution in [-0.4, -0.2) is 26.4 Å². The number of hydrogen-bond donors (Lipinski definition) is 1. The minimum absolute atomic E-state index is 0.380. The summed E-state index contributed by atoms with van der Waals surface area (Å²) in [6, 6.07) is 3.84. The lowest BCUT2D eigenvalue weighted by Crippen LogP contribution is -2.15. The van der Waals surface area contributed by atoms with Gasteiger partial charge in [-0.15, -0.1) is 0 Å². The van der Waals surface area contributed by atoms with E-state index in [4.69, 9.17) is 0 Å². The zero-order chi connectivity index (χ0) is 14.8. The summed E-state index contributed by atoms with van der Waals surface area (Å²) in [5.41, 5.74) is 0.597. The molecule has 0 saturated heterocycles. The molecule has 1 N–H and O–H groups in total. The van der Waals surface area contributed by atoms with Crippen LogP contribution in [0.4, 0.5) is 8.78 Å². The molecule has 112 valence electrons. The molecule has 4 heteroatoms. The van der Waals surface area contributed by atoms with E-state index in [1.807, 2.05) is 20.2 Å². The van der Waals surface area contributed by atoms with Crippen molar-refractivity contribution in [3.8, 4) is 0 Å². The molecule has 0 amide bonds. The molecule has 20 heavy (non-hydrogen) atoms. The second kappa shape index (κ2) is 9.59. The molecule has 0 fully saturated rings. The van der Waals surface area contributed by atoms with E-state index in [2.05, 4.69) is 10.3 Å². The molecule has 0 saturated carbocycles. The number of rotatable bonds is 9. The van der Waals surface area contributed by atoms with Crippen LogP contribution >= 0.6 is 0 Å². The summed E-state index contributed by atoms with van der Waals surface area (Å²) in [5.74, 6) is -0.583. The van der Waals surface area contributed by atoms with Crippen LogP contribution in [0.1, 0.15) is 31.7 Å². The normalized spacial score (nSPS) is 13.0. The Kier molecular flexibility index (Phi) is 8.04. The number of hydrogen-bond acceptors (Lipinski definition) is 2. The van der Waals surface area contributed by atoms with Gasteiger partial charge in [0.05, 0.1) is 0 Å². The highest BCUT2D eigenvalue weighted by atomic mass is 19.1. The lowest BCUT2D eigenvalue weighted by Gasteiger charge is -2.16. The standard InChI is InChI=1S/C16H24F2N2/c1-3-20-9-4-5-13(8-10-19-2)11-14-6-7-15(17)12-16(14)18/h6-7,9,12-13,19H,3-5,8,10-11H2,1-2H3. The third-order valence-electron chi connectivity index (χ3n) is 3.34. The third kappa shape index (κ3) is 6.24. The van der Waals surface area contributed by atoms with Crippen molar-refractivity contribution in [3.05, 3.63) is 35.4 Å². The van der Waals surface area contributed by atoms with Crippen LogP contribution < -0.4 is 5.32 Å². The van der Waals surface area contributed by atoms with E-state index in [1.54, 1.807) is 6.07 Å². The molecule has 0 heterocycles. The van der Waals surface area contributed by atoms with Crippen LogP contribution in [-0.2, 0) is 6.42 Å². The van der Waals surface area contributed by atoms with Crippen molar-refractivity contribution in [2.45, 2.75) is 32.6 Å². The maximum Gasteiger partial charge on any atom is 0.129 e. The van der Waals surface area contributed by atoms with Crippen molar-refractivity contribution in [1.82, 2.24) is 5.32 Å². The van der Waals surface area contributed by atoms with Crippen LogP contribution in [0.15, 0.2) is 23.2 Å². The van der Waals surface area contributed by atoms with E-state index in [9.17, 15) is 8.78 Å². The molecule has 1 aromatic carbocycles. The average Bonchev–Trinajstić information content (AvgIpc) is 2.43. The van der Waals surface area contributed by atoms with Gasteiger partial charge in [0.2, 0.25) is 0 Å². The summed E-state index contributed by atoms with van der Waals surface area (Å²) in [6.07, 6.45) is 5.45. The minimum atomic E-state index is -0.520. The molecule has 1 aromatic rings. The van der Waals surface area contributed by atoms with Gasteiger partial charge >= 0.3 is 0 Å². The smallest absolute Gasteiger partial charge is 0.129 e. The summed E-state index contributed by atoms with van der Waals surface area (Å²) in [5, 5.41) is 3.12. The van der Waals surface area contributed by atoms with E-state index < -0.39 is 11.6 Å². The highest BCUT2D eigenvalue weighted by Gasteiger charge is 2.12. The molecule has 0 spiro atoms. The molecule has 2 nitrogen and oxygen atoms in total. The first-order chi connectivity index (χ1) is 9.67. The third-order valence-corrected chi connectivity index (χ3v) is 3.34. The van der Waals surface area contributed by atoms with Gasteiger partial charge in [-0.05, 0) is 70.0 Å². The van der Waals surface area contributed by atoms with Crippen LogP contribution in [0.25, 0.3) is 0 Å². The second-order valence-corrected chi connectivity index (χ2v) is 4.96. The van der Waals surface area contributed by atoms with Crippen LogP contribution in [0, 0.1) is 17.6 Å². The molecule has 1 rings (SSSR count). The van der Waals surface area contributed by atoms with Gasteiger partial charge in [0.1, 0.15) is 11.6 Å². The van der Waals surface area contributed by atoms with Crippen molar-refractivity contribution in [2.24, 2.45) is 10.9 Å². The van der Waals surface area contributed by atoms with E-state index in [-0.39, 0.29) is 0 Å². The number of aliphatic imine (C=N–C) groups is 1. The van der Waals surface area contributed by atoms with Gasteiger partial charge in [-0.2, -0.15) is 0 Å². The Hall–Kier alpha value is -1.29. The molecular weight excluding hydrogens is 258 g/mol. The van der Waals surface area contributed by atoms with Crippen molar-refractivity contribution >= 4 is 6.21 Å². The van der Waals surface area contributed by atoms with Crippen molar-refractivity contribution in [2.75, 3.05) is 20.1 Å². The fourth-order valence-electron chi connectivity index (χ4n) is 2.23. The highest BCUT2D eigenvalue weighted by molar-refractivity contribution is 5.56. The molecule has 1 unspecified atom stereocenters. The predicted octanol–water partition coefficient (Wildman–Crippen LogP) is 3.60. The molecule has 0 aliphatic rings. The zero-order valence-corrected chi connectivity index (χ0v) is 12.3. The van der Waals surface area contributed by atoms with Crippen LogP contribution in [0.3, 0.4) is 0 Å². The summed E-state index contributed by atoms with van der Waals surface area (Å²) in [6.45, 7) is 3.70. The van der Waals surface area contributed by atoms with Gasteiger partial charge in [0.25, 0.3) is 0 Å². The molecule has 0 bridgehead atoms. The van der Waals surface area contributed by atoms with Crippen molar-refractivity contribution in [1.29, 1.82) is 0 Å². The van der Waals surface area contributed by atoms with E-state index >= 15 is 0 Å². The summed E-state index contributed by atoms with van der Waals surface area (Å²) in [7, 11) is 1.91. The SMILES string of the molecule is CCN=CCCC(CCNC)Cc1ccc(F)cc1F. The fraction of sp³-hybridized carbons (Fsp3) is 0.562. The zero-order valence-electron chi connectivity index (χ0n) is 12.3. The Morgan fingerprint density at radius 2 is 2.10 bits per heavy atom. The minimum Gasteiger partial charge on any atom is -0.320 e. The van der Waals surface area contributed by atoms with Crippen molar-refractivity contribution < 1.29 is 8.78 Å². The van der Waals surface area contributed by atoms with Gasteiger partial charge in [0.15, 0.2) is 0 Å². The molecule has 0 radical (unpaired) electrons. The quantitative estimate of drug-likeness (QED) is 0.688. The Labute approximate surface area is 120 Å². The summed E-state index contributed by atoms with van der Waals surface area (Å²) < 4.78 is 26.6. The van der Waals surface area contributed by atoms with Gasteiger partial charge in [0, 0.05) is 12.6 Å². The molecule has 1 atom stereocenters. The second-order valence-electron chi connectivity index (χ2n) is 4.96. The predicted molar refractivity (Wildman–Crippen MR) is 80.4 cm³/mol.